The Bertz CT molecular complexity index is 479. The summed E-state index contributed by atoms with van der Waals surface area (Å²) in [6, 6.07) is 6.21. The van der Waals surface area contributed by atoms with Gasteiger partial charge in [0.1, 0.15) is 0 Å². The number of hydrogen-bond acceptors (Lipinski definition) is 4. The average Bonchev–Trinajstić information content (AvgIpc) is 2.42. The van der Waals surface area contributed by atoms with E-state index in [1.54, 1.807) is 19.2 Å². The molecule has 5 heteroatoms. The minimum absolute atomic E-state index is 0.107. The molecule has 1 saturated heterocycles. The summed E-state index contributed by atoms with van der Waals surface area (Å²) in [5.41, 5.74) is 11.3. The lowest BCUT2D eigenvalue weighted by atomic mass is 9.99. The van der Waals surface area contributed by atoms with Gasteiger partial charge in [-0.3, -0.25) is 4.79 Å². The van der Waals surface area contributed by atoms with Crippen LogP contribution < -0.4 is 16.5 Å². The molecule has 0 bridgehead atoms. The molecule has 2 unspecified atom stereocenters. The number of nitrogens with two attached hydrogens (primary N) is 1. The van der Waals surface area contributed by atoms with Gasteiger partial charge < -0.3 is 16.5 Å². The zero-order valence-corrected chi connectivity index (χ0v) is 12.4. The van der Waals surface area contributed by atoms with Crippen molar-refractivity contribution in [2.75, 3.05) is 18.2 Å². The van der Waals surface area contributed by atoms with Crippen LogP contribution in [0.5, 0.6) is 0 Å². The van der Waals surface area contributed by atoms with Crippen molar-refractivity contribution in [2.45, 2.75) is 45.2 Å². The molecule has 1 aromatic carbocycles. The van der Waals surface area contributed by atoms with Gasteiger partial charge in [0.25, 0.3) is 5.91 Å². The number of nitrogens with one attached hydrogen (secondary N) is 2. The lowest BCUT2D eigenvalue weighted by Gasteiger charge is -2.39. The van der Waals surface area contributed by atoms with Gasteiger partial charge in [-0.1, -0.05) is 6.42 Å². The maximum Gasteiger partial charge on any atom is 0.253 e. The van der Waals surface area contributed by atoms with E-state index in [0.717, 1.165) is 18.5 Å². The Labute approximate surface area is 120 Å². The molecular weight excluding hydrogens is 252 g/mol. The van der Waals surface area contributed by atoms with Gasteiger partial charge in [0.2, 0.25) is 0 Å². The van der Waals surface area contributed by atoms with Crippen LogP contribution in [0.15, 0.2) is 18.2 Å². The molecule has 20 heavy (non-hydrogen) atoms. The second kappa shape index (κ2) is 6.13. The van der Waals surface area contributed by atoms with Gasteiger partial charge in [-0.2, -0.15) is 0 Å². The van der Waals surface area contributed by atoms with Crippen LogP contribution in [0.25, 0.3) is 0 Å². The van der Waals surface area contributed by atoms with Crippen LogP contribution in [-0.2, 0) is 0 Å². The SMILES string of the molecule is CNC(=O)c1ccc(N)cc1NN1C(C)CCCC1C. The highest BCUT2D eigenvalue weighted by molar-refractivity contribution is 6.00. The summed E-state index contributed by atoms with van der Waals surface area (Å²) in [4.78, 5) is 11.9. The van der Waals surface area contributed by atoms with Crippen LogP contribution in [0.4, 0.5) is 11.4 Å². The van der Waals surface area contributed by atoms with Crippen LogP contribution >= 0.6 is 0 Å². The third-order valence-electron chi connectivity index (χ3n) is 3.96. The van der Waals surface area contributed by atoms with Crippen molar-refractivity contribution >= 4 is 17.3 Å². The standard InChI is InChI=1S/C15H24N4O/c1-10-5-4-6-11(2)19(10)18-14-9-12(16)7-8-13(14)15(20)17-3/h7-11,18H,4-6,16H2,1-3H3,(H,17,20). The van der Waals surface area contributed by atoms with E-state index in [4.69, 9.17) is 5.73 Å². The molecule has 2 atom stereocenters. The van der Waals surface area contributed by atoms with Crippen LogP contribution in [-0.4, -0.2) is 30.0 Å². The van der Waals surface area contributed by atoms with Gasteiger partial charge in [-0.15, -0.1) is 0 Å². The summed E-state index contributed by atoms with van der Waals surface area (Å²) in [6.45, 7) is 4.41. The molecule has 1 aliphatic rings. The van der Waals surface area contributed by atoms with Gasteiger partial charge in [0.05, 0.1) is 11.3 Å². The molecule has 5 nitrogen and oxygen atoms in total. The monoisotopic (exact) mass is 276 g/mol. The lowest BCUT2D eigenvalue weighted by molar-refractivity contribution is 0.0961. The minimum atomic E-state index is -0.107. The number of hydrazine groups is 1. The lowest BCUT2D eigenvalue weighted by Crippen LogP contribution is -2.47. The smallest absolute Gasteiger partial charge is 0.253 e. The highest BCUT2D eigenvalue weighted by Gasteiger charge is 2.25. The third-order valence-corrected chi connectivity index (χ3v) is 3.96. The summed E-state index contributed by atoms with van der Waals surface area (Å²) in [5, 5.41) is 4.89. The number of hydrogen-bond donors (Lipinski definition) is 3. The van der Waals surface area contributed by atoms with Crippen LogP contribution in [0.2, 0.25) is 0 Å². The van der Waals surface area contributed by atoms with Crippen molar-refractivity contribution in [1.82, 2.24) is 10.3 Å². The van der Waals surface area contributed by atoms with E-state index in [-0.39, 0.29) is 5.91 Å². The first-order valence-corrected chi connectivity index (χ1v) is 7.19. The topological polar surface area (TPSA) is 70.4 Å². The second-order valence-corrected chi connectivity index (χ2v) is 5.53. The highest BCUT2D eigenvalue weighted by Crippen LogP contribution is 2.26. The van der Waals surface area contributed by atoms with Gasteiger partial charge in [0.15, 0.2) is 0 Å². The van der Waals surface area contributed by atoms with Crippen molar-refractivity contribution < 1.29 is 4.79 Å². The number of carbonyl (C=O) groups is 1. The zero-order valence-electron chi connectivity index (χ0n) is 12.4. The Morgan fingerprint density at radius 1 is 1.30 bits per heavy atom. The summed E-state index contributed by atoms with van der Waals surface area (Å²) in [6.07, 6.45) is 3.57. The molecule has 110 valence electrons. The molecule has 0 aromatic heterocycles. The third kappa shape index (κ3) is 3.04. The summed E-state index contributed by atoms with van der Waals surface area (Å²) in [7, 11) is 1.63. The molecule has 0 radical (unpaired) electrons. The van der Waals surface area contributed by atoms with Crippen molar-refractivity contribution in [3.63, 3.8) is 0 Å². The molecule has 0 saturated carbocycles. The second-order valence-electron chi connectivity index (χ2n) is 5.53. The van der Waals surface area contributed by atoms with E-state index in [9.17, 15) is 4.79 Å². The molecule has 1 aliphatic heterocycles. The van der Waals surface area contributed by atoms with E-state index >= 15 is 0 Å². The molecular formula is C15H24N4O. The molecule has 1 fully saturated rings. The molecule has 1 aromatic rings. The number of piperidine rings is 1. The fraction of sp³-hybridized carbons (Fsp3) is 0.533. The van der Waals surface area contributed by atoms with E-state index in [1.807, 2.05) is 6.07 Å². The first-order valence-electron chi connectivity index (χ1n) is 7.19. The molecule has 0 aliphatic carbocycles. The molecule has 4 N–H and O–H groups in total. The van der Waals surface area contributed by atoms with Crippen LogP contribution in [0, 0.1) is 0 Å². The van der Waals surface area contributed by atoms with Gasteiger partial charge in [-0.05, 0) is 44.9 Å². The number of nitrogens with zero attached hydrogens (tertiary/aromatic N) is 1. The maximum atomic E-state index is 11.9. The zero-order chi connectivity index (χ0) is 14.7. The summed E-state index contributed by atoms with van der Waals surface area (Å²) in [5.74, 6) is -0.107. The number of nitrogen functional groups attached to an aromatic ring is 1. The Morgan fingerprint density at radius 3 is 2.55 bits per heavy atom. The summed E-state index contributed by atoms with van der Waals surface area (Å²) < 4.78 is 0. The number of anilines is 2. The normalized spacial score (nSPS) is 23.4. The van der Waals surface area contributed by atoms with Gasteiger partial charge in [-0.25, -0.2) is 5.01 Å². The highest BCUT2D eigenvalue weighted by atomic mass is 16.1. The number of rotatable bonds is 3. The first kappa shape index (κ1) is 14.7. The largest absolute Gasteiger partial charge is 0.399 e. The van der Waals surface area contributed by atoms with Gasteiger partial charge in [0, 0.05) is 24.8 Å². The fourth-order valence-electron chi connectivity index (χ4n) is 2.77. The number of benzene rings is 1. The maximum absolute atomic E-state index is 11.9. The van der Waals surface area contributed by atoms with Crippen molar-refractivity contribution in [3.8, 4) is 0 Å². The van der Waals surface area contributed by atoms with Crippen molar-refractivity contribution in [1.29, 1.82) is 0 Å². The molecule has 2 rings (SSSR count). The Hall–Kier alpha value is -1.75. The summed E-state index contributed by atoms with van der Waals surface area (Å²) >= 11 is 0. The Kier molecular flexibility index (Phi) is 4.49. The first-order chi connectivity index (χ1) is 9.52. The number of amides is 1. The fourth-order valence-corrected chi connectivity index (χ4v) is 2.77. The predicted molar refractivity (Wildman–Crippen MR) is 82.5 cm³/mol. The van der Waals surface area contributed by atoms with E-state index < -0.39 is 0 Å². The van der Waals surface area contributed by atoms with Crippen LogP contribution in [0.3, 0.4) is 0 Å². The van der Waals surface area contributed by atoms with Crippen LogP contribution in [0.1, 0.15) is 43.5 Å². The van der Waals surface area contributed by atoms with Crippen molar-refractivity contribution in [2.24, 2.45) is 0 Å². The quantitative estimate of drug-likeness (QED) is 0.740. The predicted octanol–water partition coefficient (Wildman–Crippen LogP) is 2.22. The van der Waals surface area contributed by atoms with Crippen molar-refractivity contribution in [3.05, 3.63) is 23.8 Å². The minimum Gasteiger partial charge on any atom is -0.399 e. The Morgan fingerprint density at radius 2 is 1.95 bits per heavy atom. The number of carbonyl (C=O) groups excluding carboxylic acids is 1. The average molecular weight is 276 g/mol. The van der Waals surface area contributed by atoms with Gasteiger partial charge >= 0.3 is 0 Å². The van der Waals surface area contributed by atoms with E-state index in [0.29, 0.717) is 23.3 Å². The Balaban J connectivity index is 2.27. The molecule has 1 heterocycles. The van der Waals surface area contributed by atoms with E-state index in [1.165, 1.54) is 6.42 Å². The molecule has 0 spiro atoms. The van der Waals surface area contributed by atoms with E-state index in [2.05, 4.69) is 29.6 Å². The molecule has 1 amide bonds.